The molecule has 2 heterocycles. The van der Waals surface area contributed by atoms with Crippen LogP contribution in [-0.4, -0.2) is 9.91 Å². The van der Waals surface area contributed by atoms with Crippen LogP contribution in [0.3, 0.4) is 0 Å². The first-order valence-corrected chi connectivity index (χ1v) is 7.24. The van der Waals surface area contributed by atoms with Crippen molar-refractivity contribution in [2.45, 2.75) is 10.1 Å². The number of nitrogens with zero attached hydrogens (tertiary/aromatic N) is 2. The number of fused-ring (bicyclic) bond motifs is 1. The quantitative estimate of drug-likeness (QED) is 0.411. The summed E-state index contributed by atoms with van der Waals surface area (Å²) in [4.78, 5) is 14.4. The first-order chi connectivity index (χ1) is 9.22. The van der Waals surface area contributed by atoms with Crippen LogP contribution in [-0.2, 0) is 5.75 Å². The molecule has 0 aliphatic rings. The topological polar surface area (TPSA) is 69.2 Å². The average Bonchev–Trinajstić information content (AvgIpc) is 3.02. The van der Waals surface area contributed by atoms with Crippen LogP contribution in [0.25, 0.3) is 10.2 Å². The van der Waals surface area contributed by atoms with Gasteiger partial charge in [-0.15, -0.1) is 11.3 Å². The first kappa shape index (κ1) is 12.2. The van der Waals surface area contributed by atoms with Crippen LogP contribution < -0.4 is 0 Å². The van der Waals surface area contributed by atoms with E-state index in [1.54, 1.807) is 17.4 Å². The van der Waals surface area contributed by atoms with Crippen LogP contribution in [0.15, 0.2) is 45.2 Å². The molecule has 0 saturated heterocycles. The standard InChI is InChI=1S/C12H8N2O3S2/c15-14(16)11-6-5-8(17-11)7-18-12-13-9-3-1-2-4-10(9)19-12/h1-6H,7H2. The summed E-state index contributed by atoms with van der Waals surface area (Å²) in [6, 6.07) is 10.9. The molecule has 5 nitrogen and oxygen atoms in total. The molecule has 0 bridgehead atoms. The maximum absolute atomic E-state index is 10.5. The average molecular weight is 292 g/mol. The Bertz CT molecular complexity index is 702. The molecule has 0 aliphatic heterocycles. The molecule has 0 saturated carbocycles. The molecular weight excluding hydrogens is 284 g/mol. The molecule has 1 aromatic carbocycles. The third-order valence-corrected chi connectivity index (χ3v) is 4.64. The lowest BCUT2D eigenvalue weighted by Gasteiger charge is -1.92. The van der Waals surface area contributed by atoms with Gasteiger partial charge in [0.25, 0.3) is 0 Å². The number of furan rings is 1. The van der Waals surface area contributed by atoms with Gasteiger partial charge in [-0.1, -0.05) is 23.9 Å². The zero-order valence-electron chi connectivity index (χ0n) is 9.61. The zero-order chi connectivity index (χ0) is 13.2. The summed E-state index contributed by atoms with van der Waals surface area (Å²) in [7, 11) is 0. The Hall–Kier alpha value is -1.86. The predicted molar refractivity (Wildman–Crippen MR) is 74.5 cm³/mol. The van der Waals surface area contributed by atoms with Gasteiger partial charge in [0.15, 0.2) is 4.34 Å². The second-order valence-corrected chi connectivity index (χ2v) is 5.99. The lowest BCUT2D eigenvalue weighted by Crippen LogP contribution is -1.83. The maximum atomic E-state index is 10.5. The monoisotopic (exact) mass is 292 g/mol. The van der Waals surface area contributed by atoms with Crippen molar-refractivity contribution in [2.75, 3.05) is 0 Å². The highest BCUT2D eigenvalue weighted by Gasteiger charge is 2.12. The highest BCUT2D eigenvalue weighted by Crippen LogP contribution is 2.32. The first-order valence-electron chi connectivity index (χ1n) is 5.44. The molecule has 3 rings (SSSR count). The summed E-state index contributed by atoms with van der Waals surface area (Å²) in [5.41, 5.74) is 0.973. The Balaban J connectivity index is 1.72. The Morgan fingerprint density at radius 2 is 2.16 bits per heavy atom. The normalized spacial score (nSPS) is 10.9. The summed E-state index contributed by atoms with van der Waals surface area (Å²) in [6.07, 6.45) is 0. The fourth-order valence-electron chi connectivity index (χ4n) is 1.59. The van der Waals surface area contributed by atoms with Crippen LogP contribution in [0.5, 0.6) is 0 Å². The van der Waals surface area contributed by atoms with Crippen molar-refractivity contribution in [3.63, 3.8) is 0 Å². The van der Waals surface area contributed by atoms with Crippen molar-refractivity contribution in [3.8, 4) is 0 Å². The summed E-state index contributed by atoms with van der Waals surface area (Å²) >= 11 is 3.12. The Morgan fingerprint density at radius 3 is 2.89 bits per heavy atom. The Kier molecular flexibility index (Phi) is 3.22. The molecule has 19 heavy (non-hydrogen) atoms. The van der Waals surface area contributed by atoms with Crippen LogP contribution in [0.2, 0.25) is 0 Å². The van der Waals surface area contributed by atoms with Crippen molar-refractivity contribution in [3.05, 3.63) is 52.3 Å². The van der Waals surface area contributed by atoms with Gasteiger partial charge in [0.2, 0.25) is 0 Å². The lowest BCUT2D eigenvalue weighted by molar-refractivity contribution is -0.402. The van der Waals surface area contributed by atoms with Crippen molar-refractivity contribution < 1.29 is 9.34 Å². The predicted octanol–water partition coefficient (Wildman–Crippen LogP) is 4.09. The largest absolute Gasteiger partial charge is 0.433 e. The highest BCUT2D eigenvalue weighted by molar-refractivity contribution is 8.00. The van der Waals surface area contributed by atoms with Gasteiger partial charge in [-0.2, -0.15) is 0 Å². The van der Waals surface area contributed by atoms with Crippen molar-refractivity contribution in [1.82, 2.24) is 4.98 Å². The molecule has 0 atom stereocenters. The zero-order valence-corrected chi connectivity index (χ0v) is 11.2. The summed E-state index contributed by atoms with van der Waals surface area (Å²) < 4.78 is 7.16. The number of benzene rings is 1. The van der Waals surface area contributed by atoms with E-state index in [-0.39, 0.29) is 5.88 Å². The van der Waals surface area contributed by atoms with Gasteiger partial charge in [-0.05, 0) is 18.2 Å². The van der Waals surface area contributed by atoms with E-state index < -0.39 is 4.92 Å². The molecule has 3 aromatic rings. The third kappa shape index (κ3) is 2.61. The fraction of sp³-hybridized carbons (Fsp3) is 0.0833. The second-order valence-electron chi connectivity index (χ2n) is 3.73. The number of hydrogen-bond acceptors (Lipinski definition) is 6. The minimum Gasteiger partial charge on any atom is -0.405 e. The molecule has 7 heteroatoms. The number of thioether (sulfide) groups is 1. The summed E-state index contributed by atoms with van der Waals surface area (Å²) in [5.74, 6) is 0.893. The molecule has 0 radical (unpaired) electrons. The molecule has 0 unspecified atom stereocenters. The van der Waals surface area contributed by atoms with Crippen LogP contribution >= 0.6 is 23.1 Å². The number of hydrogen-bond donors (Lipinski definition) is 0. The van der Waals surface area contributed by atoms with Gasteiger partial charge in [0.05, 0.1) is 22.0 Å². The van der Waals surface area contributed by atoms with E-state index in [1.165, 1.54) is 17.8 Å². The van der Waals surface area contributed by atoms with E-state index in [1.807, 2.05) is 24.3 Å². The Labute approximate surface area is 116 Å². The minimum absolute atomic E-state index is 0.222. The minimum atomic E-state index is -0.536. The van der Waals surface area contributed by atoms with Crippen molar-refractivity contribution in [1.29, 1.82) is 0 Å². The van der Waals surface area contributed by atoms with E-state index in [0.29, 0.717) is 11.5 Å². The molecule has 0 fully saturated rings. The Morgan fingerprint density at radius 1 is 1.32 bits per heavy atom. The molecule has 96 valence electrons. The van der Waals surface area contributed by atoms with Crippen molar-refractivity contribution >= 4 is 39.2 Å². The van der Waals surface area contributed by atoms with E-state index in [0.717, 1.165) is 14.6 Å². The van der Waals surface area contributed by atoms with Gasteiger partial charge >= 0.3 is 5.88 Å². The van der Waals surface area contributed by atoms with Gasteiger partial charge in [-0.25, -0.2) is 4.98 Å². The molecule has 0 N–H and O–H groups in total. The lowest BCUT2D eigenvalue weighted by atomic mass is 10.3. The van der Waals surface area contributed by atoms with Crippen molar-refractivity contribution in [2.24, 2.45) is 0 Å². The van der Waals surface area contributed by atoms with Gasteiger partial charge in [0, 0.05) is 0 Å². The van der Waals surface area contributed by atoms with Gasteiger partial charge < -0.3 is 4.42 Å². The van der Waals surface area contributed by atoms with E-state index >= 15 is 0 Å². The van der Waals surface area contributed by atoms with Crippen LogP contribution in [0.4, 0.5) is 5.88 Å². The number of rotatable bonds is 4. The number of thiazole rings is 1. The number of aromatic nitrogens is 1. The van der Waals surface area contributed by atoms with E-state index in [9.17, 15) is 10.1 Å². The van der Waals surface area contributed by atoms with E-state index in [4.69, 9.17) is 4.42 Å². The number of nitro groups is 1. The number of para-hydroxylation sites is 1. The smallest absolute Gasteiger partial charge is 0.405 e. The maximum Gasteiger partial charge on any atom is 0.433 e. The van der Waals surface area contributed by atoms with Crippen LogP contribution in [0, 0.1) is 10.1 Å². The van der Waals surface area contributed by atoms with E-state index in [2.05, 4.69) is 4.98 Å². The van der Waals surface area contributed by atoms with Gasteiger partial charge in [0.1, 0.15) is 10.7 Å². The molecule has 0 spiro atoms. The highest BCUT2D eigenvalue weighted by atomic mass is 32.2. The molecular formula is C12H8N2O3S2. The molecule has 0 amide bonds. The fourth-order valence-corrected chi connectivity index (χ4v) is 3.55. The summed E-state index contributed by atoms with van der Waals surface area (Å²) in [6.45, 7) is 0. The summed E-state index contributed by atoms with van der Waals surface area (Å²) in [5, 5.41) is 10.5. The SMILES string of the molecule is O=[N+]([O-])c1ccc(CSc2nc3ccccc3s2)o1. The molecule has 0 aliphatic carbocycles. The van der Waals surface area contributed by atoms with Gasteiger partial charge in [-0.3, -0.25) is 10.1 Å². The molecule has 2 aromatic heterocycles. The van der Waals surface area contributed by atoms with Crippen LogP contribution in [0.1, 0.15) is 5.76 Å². The third-order valence-electron chi connectivity index (χ3n) is 2.44. The second kappa shape index (κ2) is 5.02.